The highest BCUT2D eigenvalue weighted by Crippen LogP contribution is 2.31. The van der Waals surface area contributed by atoms with E-state index in [-0.39, 0.29) is 13.2 Å². The van der Waals surface area contributed by atoms with Crippen molar-refractivity contribution in [2.24, 2.45) is 0 Å². The second-order valence-electron chi connectivity index (χ2n) is 6.15. The first-order valence-electron chi connectivity index (χ1n) is 7.35. The molecule has 0 radical (unpaired) electrons. The lowest BCUT2D eigenvalue weighted by molar-refractivity contribution is -0.187. The third-order valence-electron chi connectivity index (χ3n) is 3.02. The molecule has 0 N–H and O–H groups in total. The summed E-state index contributed by atoms with van der Waals surface area (Å²) in [7, 11) is 3.38. The van der Waals surface area contributed by atoms with Crippen LogP contribution in [0.5, 0.6) is 0 Å². The van der Waals surface area contributed by atoms with Crippen LogP contribution in [-0.4, -0.2) is 49.4 Å². The van der Waals surface area contributed by atoms with Crippen molar-refractivity contribution in [3.8, 4) is 0 Å². The highest BCUT2D eigenvalue weighted by molar-refractivity contribution is 5.79. The van der Waals surface area contributed by atoms with Gasteiger partial charge in [0, 0.05) is 14.1 Å². The van der Waals surface area contributed by atoms with Crippen molar-refractivity contribution in [3.05, 3.63) is 35.9 Å². The SMILES string of the molecule is CC1(C)OC[C@@](C)(C(=O)OCc2ccccc2)O1.CN(C)C=O. The van der Waals surface area contributed by atoms with Crippen LogP contribution in [-0.2, 0) is 30.4 Å². The zero-order valence-electron chi connectivity index (χ0n) is 14.4. The Balaban J connectivity index is 0.000000463. The van der Waals surface area contributed by atoms with Gasteiger partial charge in [0.25, 0.3) is 0 Å². The average Bonchev–Trinajstić information content (AvgIpc) is 2.81. The molecule has 6 heteroatoms. The summed E-state index contributed by atoms with van der Waals surface area (Å²) >= 11 is 0. The van der Waals surface area contributed by atoms with Gasteiger partial charge in [-0.2, -0.15) is 0 Å². The number of carbonyl (C=O) groups excluding carboxylic acids is 2. The van der Waals surface area contributed by atoms with E-state index in [1.165, 1.54) is 4.90 Å². The smallest absolute Gasteiger partial charge is 0.341 e. The fraction of sp³-hybridized carbons (Fsp3) is 0.529. The van der Waals surface area contributed by atoms with Crippen molar-refractivity contribution in [2.45, 2.75) is 38.8 Å². The van der Waals surface area contributed by atoms with E-state index in [0.29, 0.717) is 0 Å². The minimum Gasteiger partial charge on any atom is -0.459 e. The zero-order chi connectivity index (χ0) is 17.5. The molecule has 0 saturated carbocycles. The second-order valence-corrected chi connectivity index (χ2v) is 6.15. The Kier molecular flexibility index (Phi) is 6.72. The van der Waals surface area contributed by atoms with E-state index in [2.05, 4.69) is 0 Å². The third-order valence-corrected chi connectivity index (χ3v) is 3.02. The van der Waals surface area contributed by atoms with Gasteiger partial charge in [-0.15, -0.1) is 0 Å². The molecule has 0 aliphatic carbocycles. The molecule has 0 unspecified atom stereocenters. The quantitative estimate of drug-likeness (QED) is 0.626. The molecular weight excluding hydrogens is 298 g/mol. The minimum atomic E-state index is -1.02. The summed E-state index contributed by atoms with van der Waals surface area (Å²) in [5.41, 5.74) is -0.0641. The molecule has 6 nitrogen and oxygen atoms in total. The van der Waals surface area contributed by atoms with Crippen molar-refractivity contribution >= 4 is 12.4 Å². The molecule has 0 bridgehead atoms. The number of nitrogens with zero attached hydrogens (tertiary/aromatic N) is 1. The van der Waals surface area contributed by atoms with Gasteiger partial charge in [0.15, 0.2) is 11.4 Å². The van der Waals surface area contributed by atoms with Crippen LogP contribution in [0.25, 0.3) is 0 Å². The first-order chi connectivity index (χ1) is 10.7. The van der Waals surface area contributed by atoms with Crippen LogP contribution in [0.4, 0.5) is 0 Å². The average molecular weight is 323 g/mol. The van der Waals surface area contributed by atoms with Crippen LogP contribution >= 0.6 is 0 Å². The molecule has 1 fully saturated rings. The van der Waals surface area contributed by atoms with Crippen molar-refractivity contribution in [3.63, 3.8) is 0 Å². The summed E-state index contributed by atoms with van der Waals surface area (Å²) in [4.78, 5) is 22.9. The maximum Gasteiger partial charge on any atom is 0.341 e. The lowest BCUT2D eigenvalue weighted by Gasteiger charge is -2.23. The van der Waals surface area contributed by atoms with Crippen LogP contribution in [0.15, 0.2) is 30.3 Å². The first-order valence-corrected chi connectivity index (χ1v) is 7.35. The van der Waals surface area contributed by atoms with Gasteiger partial charge >= 0.3 is 5.97 Å². The Morgan fingerprint density at radius 1 is 1.26 bits per heavy atom. The predicted molar refractivity (Wildman–Crippen MR) is 85.5 cm³/mol. The summed E-state index contributed by atoms with van der Waals surface area (Å²) < 4.78 is 16.3. The van der Waals surface area contributed by atoms with Gasteiger partial charge in [-0.25, -0.2) is 4.79 Å². The second kappa shape index (κ2) is 8.08. The molecule has 1 atom stereocenters. The van der Waals surface area contributed by atoms with Gasteiger partial charge in [-0.05, 0) is 26.3 Å². The first kappa shape index (κ1) is 19.1. The van der Waals surface area contributed by atoms with E-state index < -0.39 is 17.4 Å². The Morgan fingerprint density at radius 3 is 2.26 bits per heavy atom. The van der Waals surface area contributed by atoms with E-state index in [1.807, 2.05) is 30.3 Å². The summed E-state index contributed by atoms with van der Waals surface area (Å²) in [5, 5.41) is 0. The number of benzene rings is 1. The van der Waals surface area contributed by atoms with E-state index in [1.54, 1.807) is 34.9 Å². The molecule has 1 heterocycles. The Morgan fingerprint density at radius 2 is 1.83 bits per heavy atom. The normalized spacial score (nSPS) is 21.8. The van der Waals surface area contributed by atoms with Gasteiger partial charge in [0.2, 0.25) is 6.41 Å². The van der Waals surface area contributed by atoms with Gasteiger partial charge in [0.1, 0.15) is 6.61 Å². The van der Waals surface area contributed by atoms with Crippen LogP contribution in [0.1, 0.15) is 26.3 Å². The Bertz CT molecular complexity index is 515. The molecule has 1 aromatic rings. The predicted octanol–water partition coefficient (Wildman–Crippen LogP) is 1.98. The molecule has 1 saturated heterocycles. The van der Waals surface area contributed by atoms with Crippen molar-refractivity contribution in [2.75, 3.05) is 20.7 Å². The molecule has 0 spiro atoms. The van der Waals surface area contributed by atoms with Gasteiger partial charge < -0.3 is 19.1 Å². The number of esters is 1. The molecule has 23 heavy (non-hydrogen) atoms. The maximum atomic E-state index is 12.0. The fourth-order valence-electron chi connectivity index (χ4n) is 1.89. The minimum absolute atomic E-state index is 0.216. The lowest BCUT2D eigenvalue weighted by Crippen LogP contribution is -2.40. The van der Waals surface area contributed by atoms with Crippen LogP contribution < -0.4 is 0 Å². The molecule has 0 aromatic heterocycles. The summed E-state index contributed by atoms with van der Waals surface area (Å²) in [6, 6.07) is 9.55. The number of hydrogen-bond acceptors (Lipinski definition) is 5. The monoisotopic (exact) mass is 323 g/mol. The number of carbonyl (C=O) groups is 2. The Hall–Kier alpha value is -1.92. The lowest BCUT2D eigenvalue weighted by atomic mass is 10.1. The maximum absolute atomic E-state index is 12.0. The fourth-order valence-corrected chi connectivity index (χ4v) is 1.89. The molecule has 1 aliphatic rings. The highest BCUT2D eigenvalue weighted by atomic mass is 16.8. The van der Waals surface area contributed by atoms with Gasteiger partial charge in [0.05, 0.1) is 6.61 Å². The van der Waals surface area contributed by atoms with Crippen molar-refractivity contribution < 1.29 is 23.8 Å². The third kappa shape index (κ3) is 6.38. The number of hydrogen-bond donors (Lipinski definition) is 0. The van der Waals surface area contributed by atoms with E-state index in [4.69, 9.17) is 14.2 Å². The Labute approximate surface area is 137 Å². The van der Waals surface area contributed by atoms with E-state index in [0.717, 1.165) is 12.0 Å². The van der Waals surface area contributed by atoms with E-state index in [9.17, 15) is 9.59 Å². The summed E-state index contributed by atoms with van der Waals surface area (Å²) in [6.07, 6.45) is 0.750. The topological polar surface area (TPSA) is 65.1 Å². The standard InChI is InChI=1S/C14H18O4.C3H7NO/c1-13(2)17-10-14(3,18-13)12(15)16-9-11-7-5-4-6-8-11;1-4(2)3-5/h4-8H,9-10H2,1-3H3;3H,1-2H3/t14-;/m0./s1. The van der Waals surface area contributed by atoms with Crippen molar-refractivity contribution in [1.29, 1.82) is 0 Å². The molecule has 1 aliphatic heterocycles. The molecule has 128 valence electrons. The zero-order valence-corrected chi connectivity index (χ0v) is 14.4. The molecular formula is C17H25NO5. The number of ether oxygens (including phenoxy) is 3. The van der Waals surface area contributed by atoms with E-state index >= 15 is 0 Å². The van der Waals surface area contributed by atoms with Crippen LogP contribution in [0.2, 0.25) is 0 Å². The van der Waals surface area contributed by atoms with Crippen molar-refractivity contribution in [1.82, 2.24) is 4.90 Å². The van der Waals surface area contributed by atoms with Gasteiger partial charge in [-0.3, -0.25) is 4.79 Å². The molecule has 2 rings (SSSR count). The molecule has 1 amide bonds. The largest absolute Gasteiger partial charge is 0.459 e. The number of amides is 1. The summed E-state index contributed by atoms with van der Waals surface area (Å²) in [5.74, 6) is -1.13. The van der Waals surface area contributed by atoms with Crippen LogP contribution in [0.3, 0.4) is 0 Å². The number of rotatable bonds is 4. The highest BCUT2D eigenvalue weighted by Gasteiger charge is 2.48. The summed E-state index contributed by atoms with van der Waals surface area (Å²) in [6.45, 7) is 5.72. The molecule has 1 aromatic carbocycles. The van der Waals surface area contributed by atoms with Gasteiger partial charge in [-0.1, -0.05) is 30.3 Å². The van der Waals surface area contributed by atoms with Crippen LogP contribution in [0, 0.1) is 0 Å².